The summed E-state index contributed by atoms with van der Waals surface area (Å²) in [5, 5.41) is 41.8. The first-order chi connectivity index (χ1) is 31.8. The lowest BCUT2D eigenvalue weighted by Gasteiger charge is -2.70. The minimum atomic E-state index is -0.689. The molecule has 9 heteroatoms. The van der Waals surface area contributed by atoms with Crippen molar-refractivity contribution in [2.75, 3.05) is 19.3 Å². The summed E-state index contributed by atoms with van der Waals surface area (Å²) in [5.41, 5.74) is 10.6. The summed E-state index contributed by atoms with van der Waals surface area (Å²) in [7, 11) is 1.90. The molecule has 17 atom stereocenters. The molecule has 9 nitrogen and oxygen atoms in total. The van der Waals surface area contributed by atoms with Gasteiger partial charge in [-0.15, -0.1) is 0 Å². The molecule has 366 valence electrons. The molecule has 0 bridgehead atoms. The average molecular weight is 918 g/mol. The highest BCUT2D eigenvalue weighted by Gasteiger charge is 2.72. The molecule has 0 amide bonds. The number of carbonyl (C=O) groups excluding carboxylic acids is 2. The van der Waals surface area contributed by atoms with Crippen LogP contribution in [0.2, 0.25) is 0 Å². The molecule has 1 saturated heterocycles. The molecule has 0 unspecified atom stereocenters. The fourth-order valence-corrected chi connectivity index (χ4v) is 18.5. The Labute approximate surface area is 401 Å². The van der Waals surface area contributed by atoms with Gasteiger partial charge in [-0.3, -0.25) is 9.59 Å². The first-order valence-corrected chi connectivity index (χ1v) is 26.7. The van der Waals surface area contributed by atoms with Gasteiger partial charge in [-0.25, -0.2) is 0 Å². The molecule has 10 rings (SSSR count). The fourth-order valence-electron chi connectivity index (χ4n) is 18.5. The molecule has 0 aromatic heterocycles. The lowest BCUT2D eigenvalue weighted by molar-refractivity contribution is -0.193. The van der Waals surface area contributed by atoms with Crippen molar-refractivity contribution in [3.05, 3.63) is 70.3 Å². The van der Waals surface area contributed by atoms with Gasteiger partial charge in [0.05, 0.1) is 17.8 Å². The Hall–Kier alpha value is -3.08. The summed E-state index contributed by atoms with van der Waals surface area (Å²) in [6.45, 7) is 16.8. The number of epoxide rings is 1. The van der Waals surface area contributed by atoms with E-state index in [0.29, 0.717) is 55.4 Å². The Bertz CT molecular complexity index is 2290. The highest BCUT2D eigenvalue weighted by molar-refractivity contribution is 6.01. The molecule has 0 radical (unpaired) electrons. The Morgan fingerprint density at radius 3 is 2.40 bits per heavy atom. The highest BCUT2D eigenvalue weighted by Crippen LogP contribution is 2.75. The summed E-state index contributed by atoms with van der Waals surface area (Å²) >= 11 is 0. The molecule has 8 aliphatic rings. The Balaban J connectivity index is 1.03. The molecule has 7 N–H and O–H groups in total. The minimum absolute atomic E-state index is 0.00722. The van der Waals surface area contributed by atoms with Crippen LogP contribution in [0.15, 0.2) is 53.6 Å². The van der Waals surface area contributed by atoms with Crippen molar-refractivity contribution in [1.29, 1.82) is 0 Å². The predicted molar refractivity (Wildman–Crippen MR) is 264 cm³/mol. The van der Waals surface area contributed by atoms with Gasteiger partial charge < -0.3 is 36.4 Å². The molecule has 2 aromatic rings. The van der Waals surface area contributed by atoms with E-state index in [1.54, 1.807) is 6.07 Å². The SMILES string of the molecule is CNCc1cc(O)cc([C@H]2C[C@@]3(C)[C@H]4CCC5=C([C@@H]6[C@H]7CCCC[C@H]7CC[C@H]6[C@@H](O)[C@H]6O[C@]6(C)[C@H]6CCC[C@@H]6c6cccc(N)c6)C(=O)C[C@]5(C)[C@@]4(C)C[C@H](NC[C@H](C)O)[C@H]3C(C)(C)C2=O)c1. The smallest absolute Gasteiger partial charge is 0.160 e. The van der Waals surface area contributed by atoms with Gasteiger partial charge in [0, 0.05) is 48.0 Å². The van der Waals surface area contributed by atoms with Crippen LogP contribution >= 0.6 is 0 Å². The molecule has 2 aromatic carbocycles. The number of nitrogens with two attached hydrogens (primary N) is 1. The average Bonchev–Trinajstić information content (AvgIpc) is 3.57. The molecule has 6 saturated carbocycles. The van der Waals surface area contributed by atoms with E-state index in [-0.39, 0.29) is 64.1 Å². The van der Waals surface area contributed by atoms with Crippen LogP contribution in [-0.4, -0.2) is 70.4 Å². The number of aliphatic hydroxyl groups excluding tert-OH is 2. The molecular weight excluding hydrogens is 835 g/mol. The summed E-state index contributed by atoms with van der Waals surface area (Å²) in [5.74, 6) is 2.17. The number of nitrogen functional groups attached to an aromatic ring is 1. The topological polar surface area (TPSA) is 157 Å². The summed E-state index contributed by atoms with van der Waals surface area (Å²) < 4.78 is 6.83. The number of rotatable bonds is 11. The van der Waals surface area contributed by atoms with E-state index in [9.17, 15) is 15.3 Å². The number of carbonyl (C=O) groups is 2. The second-order valence-electron chi connectivity index (χ2n) is 25.2. The maximum absolute atomic E-state index is 15.5. The zero-order valence-corrected chi connectivity index (χ0v) is 42.0. The number of allylic oxidation sites excluding steroid dienone is 2. The number of phenols is 1. The zero-order chi connectivity index (χ0) is 47.6. The Morgan fingerprint density at radius 2 is 1.66 bits per heavy atom. The predicted octanol–water partition coefficient (Wildman–Crippen LogP) is 9.77. The van der Waals surface area contributed by atoms with Gasteiger partial charge in [0.15, 0.2) is 5.78 Å². The van der Waals surface area contributed by atoms with Crippen molar-refractivity contribution in [3.8, 4) is 5.75 Å². The van der Waals surface area contributed by atoms with Crippen LogP contribution in [0.1, 0.15) is 167 Å². The van der Waals surface area contributed by atoms with Crippen LogP contribution in [0.4, 0.5) is 5.69 Å². The maximum Gasteiger partial charge on any atom is 0.160 e. The number of anilines is 1. The fraction of sp³-hybridized carbons (Fsp3) is 0.724. The van der Waals surface area contributed by atoms with Gasteiger partial charge in [0.25, 0.3) is 0 Å². The molecule has 7 aliphatic carbocycles. The van der Waals surface area contributed by atoms with E-state index in [0.717, 1.165) is 80.2 Å². The van der Waals surface area contributed by atoms with Crippen molar-refractivity contribution in [2.24, 2.45) is 63.1 Å². The molecule has 1 heterocycles. The van der Waals surface area contributed by atoms with E-state index in [4.69, 9.17) is 10.5 Å². The first kappa shape index (κ1) is 47.6. The second kappa shape index (κ2) is 17.1. The number of ketones is 2. The Kier molecular flexibility index (Phi) is 12.1. The van der Waals surface area contributed by atoms with Crippen LogP contribution in [-0.2, 0) is 20.9 Å². The van der Waals surface area contributed by atoms with E-state index >= 15 is 9.59 Å². The van der Waals surface area contributed by atoms with Crippen LogP contribution in [0, 0.1) is 63.1 Å². The van der Waals surface area contributed by atoms with Gasteiger partial charge in [-0.2, -0.15) is 0 Å². The van der Waals surface area contributed by atoms with Gasteiger partial charge >= 0.3 is 0 Å². The van der Waals surface area contributed by atoms with Gasteiger partial charge in [-0.1, -0.05) is 84.1 Å². The number of nitrogens with one attached hydrogen (secondary N) is 2. The summed E-state index contributed by atoms with van der Waals surface area (Å²) in [4.78, 5) is 30.6. The monoisotopic (exact) mass is 918 g/mol. The number of benzene rings is 2. The summed E-state index contributed by atoms with van der Waals surface area (Å²) in [6, 6.07) is 14.0. The maximum atomic E-state index is 15.5. The van der Waals surface area contributed by atoms with Gasteiger partial charge in [0.2, 0.25) is 0 Å². The number of hydrogen-bond acceptors (Lipinski definition) is 9. The number of ether oxygens (including phenoxy) is 1. The molecule has 7 fully saturated rings. The number of aromatic hydroxyl groups is 1. The normalized spacial score (nSPS) is 43.2. The van der Waals surface area contributed by atoms with Gasteiger partial charge in [0.1, 0.15) is 17.6 Å². The van der Waals surface area contributed by atoms with E-state index < -0.39 is 28.6 Å². The lowest BCUT2D eigenvalue weighted by atomic mass is 9.34. The number of fused-ring (bicyclic) bond motifs is 6. The van der Waals surface area contributed by atoms with Crippen molar-refractivity contribution >= 4 is 17.3 Å². The van der Waals surface area contributed by atoms with Crippen LogP contribution in [0.5, 0.6) is 5.75 Å². The van der Waals surface area contributed by atoms with Crippen LogP contribution < -0.4 is 16.4 Å². The van der Waals surface area contributed by atoms with Crippen molar-refractivity contribution < 1.29 is 29.6 Å². The molecule has 0 spiro atoms. The van der Waals surface area contributed by atoms with Crippen molar-refractivity contribution in [1.82, 2.24) is 10.6 Å². The standard InChI is InChI=1S/C58H83N3O6/c1-32(62)30-61-45-28-57(6)47(55(4)27-42(52(66)54(2,3)51(45)55)36-23-33(31-60-8)24-38(63)26-36)22-21-44-49(46(64)29-56(44,57)5)48-40-16-10-9-13-34(40)19-20-41(48)50(65)53-58(7,67-53)43-18-12-17-39(43)35-14-11-15-37(59)25-35/h11,14-15,23-26,32,34,39-43,45,47-48,50-51,53,60-63,65H,9-10,12-13,16-22,27-31,59H2,1-8H3/t32-,34-,39+,40-,41+,42+,43-,45-,47+,48+,50+,51-,53+,55-,56-,57-,58+/m0/s1. The zero-order valence-electron chi connectivity index (χ0n) is 42.0. The first-order valence-electron chi connectivity index (χ1n) is 26.7. The van der Waals surface area contributed by atoms with E-state index in [1.165, 1.54) is 30.4 Å². The van der Waals surface area contributed by atoms with Gasteiger partial charge in [-0.05, 0) is 183 Å². The number of aliphatic hydroxyl groups is 2. The summed E-state index contributed by atoms with van der Waals surface area (Å²) in [6.07, 6.45) is 12.4. The third-order valence-corrected chi connectivity index (χ3v) is 21.2. The minimum Gasteiger partial charge on any atom is -0.508 e. The van der Waals surface area contributed by atoms with Crippen molar-refractivity contribution in [3.63, 3.8) is 0 Å². The number of phenolic OH excluding ortho intramolecular Hbond substituents is 1. The van der Waals surface area contributed by atoms with Crippen molar-refractivity contribution in [2.45, 2.75) is 187 Å². The highest BCUT2D eigenvalue weighted by atomic mass is 16.6. The molecule has 67 heavy (non-hydrogen) atoms. The lowest BCUT2D eigenvalue weighted by Crippen LogP contribution is -2.69. The third-order valence-electron chi connectivity index (χ3n) is 21.2. The van der Waals surface area contributed by atoms with Crippen LogP contribution in [0.3, 0.4) is 0 Å². The number of hydrogen-bond donors (Lipinski definition) is 6. The van der Waals surface area contributed by atoms with Crippen LogP contribution in [0.25, 0.3) is 0 Å². The third kappa shape index (κ3) is 7.46. The largest absolute Gasteiger partial charge is 0.508 e. The second-order valence-corrected chi connectivity index (χ2v) is 25.2. The Morgan fingerprint density at radius 1 is 0.881 bits per heavy atom. The molecule has 1 aliphatic heterocycles. The quantitative estimate of drug-likeness (QED) is 0.0954. The molecular formula is C58H83N3O6. The number of Topliss-reactive ketones (excluding diaryl/α,β-unsaturated/α-hetero) is 2. The van der Waals surface area contributed by atoms with E-state index in [1.807, 2.05) is 26.1 Å². The van der Waals surface area contributed by atoms with E-state index in [2.05, 4.69) is 76.4 Å².